The minimum Gasteiger partial charge on any atom is -0.352 e. The summed E-state index contributed by atoms with van der Waals surface area (Å²) in [5.74, 6) is 2.47. The molecular formula is C8H12O2. The molecule has 0 aliphatic heterocycles. The van der Waals surface area contributed by atoms with Gasteiger partial charge in [-0.05, 0) is 18.6 Å². The third-order valence-corrected chi connectivity index (χ3v) is 1.08. The smallest absolute Gasteiger partial charge is 0.177 e. The first-order chi connectivity index (χ1) is 4.74. The minimum absolute atomic E-state index is 0.323. The van der Waals surface area contributed by atoms with Crippen LogP contribution in [0.25, 0.3) is 0 Å². The highest BCUT2D eigenvalue weighted by atomic mass is 16.7. The third-order valence-electron chi connectivity index (χ3n) is 1.08. The molecule has 0 aliphatic rings. The topological polar surface area (TPSA) is 18.5 Å². The highest BCUT2D eigenvalue weighted by Gasteiger charge is 1.98. The number of hydrogen-bond donors (Lipinski definition) is 0. The molecule has 2 nitrogen and oxygen atoms in total. The fraction of sp³-hybridized carbons (Fsp3) is 0.500. The molecule has 0 bridgehead atoms. The van der Waals surface area contributed by atoms with Crippen LogP contribution >= 0.6 is 0 Å². The van der Waals surface area contributed by atoms with Gasteiger partial charge in [0.15, 0.2) is 6.29 Å². The van der Waals surface area contributed by atoms with Gasteiger partial charge in [0.05, 0.1) is 0 Å². The summed E-state index contributed by atoms with van der Waals surface area (Å²) in [6, 6.07) is 0. The monoisotopic (exact) mass is 140 g/mol. The Balaban J connectivity index is 3.96. The van der Waals surface area contributed by atoms with E-state index in [1.165, 1.54) is 0 Å². The quantitative estimate of drug-likeness (QED) is 0.433. The second-order valence-corrected chi connectivity index (χ2v) is 1.83. The second kappa shape index (κ2) is 5.04. The molecule has 2 heteroatoms. The molecule has 0 rings (SSSR count). The lowest BCUT2D eigenvalue weighted by molar-refractivity contribution is -0.0669. The lowest BCUT2D eigenvalue weighted by atomic mass is 10.3. The first-order valence-corrected chi connectivity index (χ1v) is 2.95. The molecule has 0 heterocycles. The van der Waals surface area contributed by atoms with Crippen molar-refractivity contribution in [2.24, 2.45) is 0 Å². The molecule has 0 fully saturated rings. The van der Waals surface area contributed by atoms with Gasteiger partial charge >= 0.3 is 0 Å². The fourth-order valence-corrected chi connectivity index (χ4v) is 0.485. The van der Waals surface area contributed by atoms with Crippen molar-refractivity contribution < 1.29 is 9.47 Å². The van der Waals surface area contributed by atoms with Gasteiger partial charge in [-0.1, -0.05) is 5.92 Å². The van der Waals surface area contributed by atoms with E-state index in [1.54, 1.807) is 20.3 Å². The van der Waals surface area contributed by atoms with Crippen molar-refractivity contribution in [3.8, 4) is 12.3 Å². The summed E-state index contributed by atoms with van der Waals surface area (Å²) in [4.78, 5) is 0. The average Bonchev–Trinajstić information content (AvgIpc) is 1.99. The molecule has 0 aromatic rings. The molecule has 10 heavy (non-hydrogen) atoms. The Bertz CT molecular complexity index is 149. The molecule has 0 amide bonds. The molecule has 0 saturated carbocycles. The summed E-state index contributed by atoms with van der Waals surface area (Å²) in [5, 5.41) is 0. The van der Waals surface area contributed by atoms with E-state index in [0.29, 0.717) is 0 Å². The van der Waals surface area contributed by atoms with Crippen LogP contribution in [-0.2, 0) is 9.47 Å². The Morgan fingerprint density at radius 3 is 2.30 bits per heavy atom. The van der Waals surface area contributed by atoms with E-state index in [9.17, 15) is 0 Å². The van der Waals surface area contributed by atoms with Crippen LogP contribution in [0.1, 0.15) is 6.92 Å². The van der Waals surface area contributed by atoms with Gasteiger partial charge < -0.3 is 9.47 Å². The van der Waals surface area contributed by atoms with Crippen LogP contribution in [0.3, 0.4) is 0 Å². The van der Waals surface area contributed by atoms with Crippen LogP contribution in [0.2, 0.25) is 0 Å². The minimum atomic E-state index is -0.323. The van der Waals surface area contributed by atoms with Crippen LogP contribution in [0.5, 0.6) is 0 Å². The molecule has 0 spiro atoms. The van der Waals surface area contributed by atoms with E-state index in [-0.39, 0.29) is 6.29 Å². The van der Waals surface area contributed by atoms with Crippen molar-refractivity contribution in [2.45, 2.75) is 13.2 Å². The second-order valence-electron chi connectivity index (χ2n) is 1.83. The summed E-state index contributed by atoms with van der Waals surface area (Å²) < 4.78 is 9.76. The normalized spacial score (nSPS) is 11.7. The summed E-state index contributed by atoms with van der Waals surface area (Å²) >= 11 is 0. The standard InChI is InChI=1S/C8H12O2/c1-5-7(2)6-8(9-3)10-4/h1,6,8H,2-4H3/b7-6-. The van der Waals surface area contributed by atoms with E-state index >= 15 is 0 Å². The first-order valence-electron chi connectivity index (χ1n) is 2.95. The summed E-state index contributed by atoms with van der Waals surface area (Å²) in [5.41, 5.74) is 0.814. The lowest BCUT2D eigenvalue weighted by Gasteiger charge is -2.07. The molecular weight excluding hydrogens is 128 g/mol. The summed E-state index contributed by atoms with van der Waals surface area (Å²) in [7, 11) is 3.13. The zero-order chi connectivity index (χ0) is 7.98. The molecule has 0 atom stereocenters. The lowest BCUT2D eigenvalue weighted by Crippen LogP contribution is -2.09. The third kappa shape index (κ3) is 3.29. The molecule has 0 radical (unpaired) electrons. The van der Waals surface area contributed by atoms with Crippen molar-refractivity contribution in [3.05, 3.63) is 11.6 Å². The Hall–Kier alpha value is -0.780. The van der Waals surface area contributed by atoms with Crippen molar-refractivity contribution >= 4 is 0 Å². The van der Waals surface area contributed by atoms with Gasteiger partial charge in [-0.25, -0.2) is 0 Å². The highest BCUT2D eigenvalue weighted by molar-refractivity contribution is 5.22. The molecule has 0 N–H and O–H groups in total. The van der Waals surface area contributed by atoms with Crippen molar-refractivity contribution in [1.29, 1.82) is 0 Å². The largest absolute Gasteiger partial charge is 0.352 e. The molecule has 0 aliphatic carbocycles. The van der Waals surface area contributed by atoms with Gasteiger partial charge in [-0.3, -0.25) is 0 Å². The maximum absolute atomic E-state index is 5.10. The Labute approximate surface area is 61.8 Å². The predicted octanol–water partition coefficient (Wildman–Crippen LogP) is 1.18. The molecule has 0 aromatic carbocycles. The van der Waals surface area contributed by atoms with Crippen LogP contribution < -0.4 is 0 Å². The predicted molar refractivity (Wildman–Crippen MR) is 40.4 cm³/mol. The molecule has 0 unspecified atom stereocenters. The Morgan fingerprint density at radius 2 is 2.00 bits per heavy atom. The maximum atomic E-state index is 5.10. The Kier molecular flexibility index (Phi) is 4.65. The molecule has 0 saturated heterocycles. The van der Waals surface area contributed by atoms with Gasteiger partial charge in [-0.15, -0.1) is 6.42 Å². The first kappa shape index (κ1) is 9.22. The van der Waals surface area contributed by atoms with E-state index in [2.05, 4.69) is 5.92 Å². The van der Waals surface area contributed by atoms with Gasteiger partial charge in [0.25, 0.3) is 0 Å². The molecule has 0 aromatic heterocycles. The highest BCUT2D eigenvalue weighted by Crippen LogP contribution is 1.97. The number of ether oxygens (including phenoxy) is 2. The maximum Gasteiger partial charge on any atom is 0.177 e. The zero-order valence-electron chi connectivity index (χ0n) is 6.55. The summed E-state index contributed by atoms with van der Waals surface area (Å²) in [6.45, 7) is 1.82. The van der Waals surface area contributed by atoms with Gasteiger partial charge in [-0.2, -0.15) is 0 Å². The SMILES string of the molecule is C#C/C(C)=C\C(OC)OC. The van der Waals surface area contributed by atoms with Gasteiger partial charge in [0, 0.05) is 14.2 Å². The fourth-order valence-electron chi connectivity index (χ4n) is 0.485. The van der Waals surface area contributed by atoms with E-state index in [0.717, 1.165) is 5.57 Å². The van der Waals surface area contributed by atoms with E-state index in [4.69, 9.17) is 15.9 Å². The summed E-state index contributed by atoms with van der Waals surface area (Å²) in [6.07, 6.45) is 6.51. The number of rotatable bonds is 3. The van der Waals surface area contributed by atoms with Crippen LogP contribution in [-0.4, -0.2) is 20.5 Å². The van der Waals surface area contributed by atoms with Gasteiger partial charge in [0.2, 0.25) is 0 Å². The van der Waals surface area contributed by atoms with E-state index < -0.39 is 0 Å². The zero-order valence-corrected chi connectivity index (χ0v) is 6.55. The van der Waals surface area contributed by atoms with Crippen LogP contribution in [0.4, 0.5) is 0 Å². The number of hydrogen-bond acceptors (Lipinski definition) is 2. The van der Waals surface area contributed by atoms with Crippen molar-refractivity contribution in [3.63, 3.8) is 0 Å². The average molecular weight is 140 g/mol. The van der Waals surface area contributed by atoms with Crippen LogP contribution in [0, 0.1) is 12.3 Å². The van der Waals surface area contributed by atoms with E-state index in [1.807, 2.05) is 6.92 Å². The molecule has 56 valence electrons. The van der Waals surface area contributed by atoms with Crippen LogP contribution in [0.15, 0.2) is 11.6 Å². The number of allylic oxidation sites excluding steroid dienone is 1. The van der Waals surface area contributed by atoms with Crippen molar-refractivity contribution in [2.75, 3.05) is 14.2 Å². The van der Waals surface area contributed by atoms with Crippen molar-refractivity contribution in [1.82, 2.24) is 0 Å². The Morgan fingerprint density at radius 1 is 1.50 bits per heavy atom. The number of terminal acetylenes is 1. The number of methoxy groups -OCH3 is 2. The van der Waals surface area contributed by atoms with Gasteiger partial charge in [0.1, 0.15) is 0 Å².